The number of hydrogen-bond donors (Lipinski definition) is 2. The summed E-state index contributed by atoms with van der Waals surface area (Å²) in [6.45, 7) is 0. The van der Waals surface area contributed by atoms with Crippen LogP contribution in [-0.2, 0) is 19.1 Å². The number of hydrogen-bond acceptors (Lipinski definition) is 4. The fraction of sp³-hybridized carbons (Fsp3) is 0.615. The molecule has 0 spiro atoms. The van der Waals surface area contributed by atoms with Crippen molar-refractivity contribution in [2.75, 3.05) is 7.11 Å². The topological polar surface area (TPSA) is 92.7 Å². The minimum atomic E-state index is -1.17. The number of methoxy groups -OCH3 is 1. The highest BCUT2D eigenvalue weighted by molar-refractivity contribution is 5.83. The lowest BCUT2D eigenvalue weighted by atomic mass is 10.1. The molecule has 19 heavy (non-hydrogen) atoms. The molecule has 6 nitrogen and oxygen atoms in total. The molecule has 1 atom stereocenters. The van der Waals surface area contributed by atoms with Crippen LogP contribution in [-0.4, -0.2) is 36.1 Å². The van der Waals surface area contributed by atoms with Crippen molar-refractivity contribution in [1.29, 1.82) is 0 Å². The van der Waals surface area contributed by atoms with Gasteiger partial charge in [-0.05, 0) is 19.3 Å². The van der Waals surface area contributed by atoms with Crippen molar-refractivity contribution >= 4 is 17.8 Å². The molecule has 0 aromatic carbocycles. The Morgan fingerprint density at radius 1 is 1.32 bits per heavy atom. The van der Waals surface area contributed by atoms with Crippen LogP contribution in [0.25, 0.3) is 0 Å². The van der Waals surface area contributed by atoms with Gasteiger partial charge < -0.3 is 15.2 Å². The van der Waals surface area contributed by atoms with Crippen LogP contribution in [0.5, 0.6) is 0 Å². The standard InChI is InChI=1S/C13H19NO5/c1-3-4-5-6-7-11(15)14-10(13(17)18)8-9-12(16)19-2/h1,10H,4-9H2,2H3,(H,14,15)(H,17,18)/t10-/m1/s1. The monoisotopic (exact) mass is 269 g/mol. The third-order valence-electron chi connectivity index (χ3n) is 2.47. The summed E-state index contributed by atoms with van der Waals surface area (Å²) >= 11 is 0. The number of carboxylic acids is 1. The molecule has 0 radical (unpaired) electrons. The molecule has 6 heteroatoms. The number of carboxylic acid groups (broad SMARTS) is 1. The molecule has 0 saturated carbocycles. The summed E-state index contributed by atoms with van der Waals surface area (Å²) in [5.41, 5.74) is 0. The molecule has 0 aromatic rings. The van der Waals surface area contributed by atoms with Crippen LogP contribution in [0.2, 0.25) is 0 Å². The first-order chi connectivity index (χ1) is 9.01. The first-order valence-corrected chi connectivity index (χ1v) is 6.03. The van der Waals surface area contributed by atoms with Gasteiger partial charge in [0.1, 0.15) is 6.04 Å². The van der Waals surface area contributed by atoms with Crippen molar-refractivity contribution in [1.82, 2.24) is 5.32 Å². The molecule has 0 aromatic heterocycles. The Kier molecular flexibility index (Phi) is 8.88. The minimum absolute atomic E-state index is 0.0120. The number of nitrogens with one attached hydrogen (secondary N) is 1. The molecule has 0 aliphatic carbocycles. The molecule has 0 aliphatic heterocycles. The van der Waals surface area contributed by atoms with Gasteiger partial charge in [-0.15, -0.1) is 12.3 Å². The molecule has 0 bridgehead atoms. The molecule has 1 amide bonds. The highest BCUT2D eigenvalue weighted by Crippen LogP contribution is 2.03. The van der Waals surface area contributed by atoms with Gasteiger partial charge in [-0.25, -0.2) is 4.79 Å². The first-order valence-electron chi connectivity index (χ1n) is 6.03. The number of carbonyl (C=O) groups excluding carboxylic acids is 2. The molecule has 0 unspecified atom stereocenters. The van der Waals surface area contributed by atoms with Crippen LogP contribution >= 0.6 is 0 Å². The molecule has 0 heterocycles. The minimum Gasteiger partial charge on any atom is -0.480 e. The number of aliphatic carboxylic acids is 1. The number of rotatable bonds is 9. The number of unbranched alkanes of at least 4 members (excludes halogenated alkanes) is 2. The highest BCUT2D eigenvalue weighted by atomic mass is 16.5. The van der Waals surface area contributed by atoms with E-state index >= 15 is 0 Å². The molecule has 0 fully saturated rings. The fourth-order valence-electron chi connectivity index (χ4n) is 1.40. The summed E-state index contributed by atoms with van der Waals surface area (Å²) < 4.78 is 4.41. The summed E-state index contributed by atoms with van der Waals surface area (Å²) in [5, 5.41) is 11.3. The largest absolute Gasteiger partial charge is 0.480 e. The van der Waals surface area contributed by atoms with E-state index in [1.807, 2.05) is 0 Å². The molecule has 2 N–H and O–H groups in total. The van der Waals surface area contributed by atoms with E-state index in [1.165, 1.54) is 7.11 Å². The van der Waals surface area contributed by atoms with Gasteiger partial charge in [0.2, 0.25) is 5.91 Å². The Bertz CT molecular complexity index is 359. The van der Waals surface area contributed by atoms with Gasteiger partial charge in [-0.2, -0.15) is 0 Å². The van der Waals surface area contributed by atoms with Crippen molar-refractivity contribution in [3.63, 3.8) is 0 Å². The van der Waals surface area contributed by atoms with E-state index < -0.39 is 18.0 Å². The van der Waals surface area contributed by atoms with E-state index in [0.717, 1.165) is 6.42 Å². The summed E-state index contributed by atoms with van der Waals surface area (Å²) in [4.78, 5) is 33.3. The van der Waals surface area contributed by atoms with Crippen LogP contribution in [0.15, 0.2) is 0 Å². The van der Waals surface area contributed by atoms with E-state index in [-0.39, 0.29) is 25.2 Å². The van der Waals surface area contributed by atoms with E-state index in [4.69, 9.17) is 11.5 Å². The normalized spacial score (nSPS) is 11.2. The van der Waals surface area contributed by atoms with Gasteiger partial charge in [0.25, 0.3) is 0 Å². The molecule has 0 aliphatic rings. The lowest BCUT2D eigenvalue weighted by Crippen LogP contribution is -2.41. The van der Waals surface area contributed by atoms with Gasteiger partial charge >= 0.3 is 11.9 Å². The van der Waals surface area contributed by atoms with E-state index in [9.17, 15) is 14.4 Å². The molecule has 106 valence electrons. The Hall–Kier alpha value is -2.03. The summed E-state index contributed by atoms with van der Waals surface area (Å²) in [7, 11) is 1.22. The number of esters is 1. The Balaban J connectivity index is 4.05. The maximum absolute atomic E-state index is 11.5. The van der Waals surface area contributed by atoms with Crippen LogP contribution < -0.4 is 5.32 Å². The van der Waals surface area contributed by atoms with E-state index in [1.54, 1.807) is 0 Å². The van der Waals surface area contributed by atoms with Gasteiger partial charge in [0.05, 0.1) is 7.11 Å². The maximum Gasteiger partial charge on any atom is 0.326 e. The molecular weight excluding hydrogens is 250 g/mol. The zero-order valence-electron chi connectivity index (χ0n) is 11.0. The van der Waals surface area contributed by atoms with Crippen LogP contribution in [0.4, 0.5) is 0 Å². The highest BCUT2D eigenvalue weighted by Gasteiger charge is 2.20. The summed E-state index contributed by atoms with van der Waals surface area (Å²) in [6.07, 6.45) is 7.19. The van der Waals surface area contributed by atoms with Crippen molar-refractivity contribution in [3.8, 4) is 12.3 Å². The average molecular weight is 269 g/mol. The van der Waals surface area contributed by atoms with E-state index in [2.05, 4.69) is 16.0 Å². The van der Waals surface area contributed by atoms with E-state index in [0.29, 0.717) is 12.8 Å². The van der Waals surface area contributed by atoms with Crippen molar-refractivity contribution in [2.24, 2.45) is 0 Å². The Labute approximate surface area is 112 Å². The second-order valence-corrected chi connectivity index (χ2v) is 3.98. The zero-order valence-corrected chi connectivity index (χ0v) is 11.0. The van der Waals surface area contributed by atoms with Crippen molar-refractivity contribution in [3.05, 3.63) is 0 Å². The average Bonchev–Trinajstić information content (AvgIpc) is 2.38. The van der Waals surface area contributed by atoms with Crippen molar-refractivity contribution < 1.29 is 24.2 Å². The maximum atomic E-state index is 11.5. The predicted octanol–water partition coefficient (Wildman–Crippen LogP) is 0.703. The first kappa shape index (κ1) is 17.0. The van der Waals surface area contributed by atoms with Crippen LogP contribution in [0.1, 0.15) is 38.5 Å². The lowest BCUT2D eigenvalue weighted by Gasteiger charge is -2.13. The van der Waals surface area contributed by atoms with Gasteiger partial charge in [0.15, 0.2) is 0 Å². The molecule has 0 saturated heterocycles. The van der Waals surface area contributed by atoms with Crippen molar-refractivity contribution in [2.45, 2.75) is 44.6 Å². The quantitative estimate of drug-likeness (QED) is 0.365. The van der Waals surface area contributed by atoms with Gasteiger partial charge in [-0.3, -0.25) is 9.59 Å². The summed E-state index contributed by atoms with van der Waals surface area (Å²) in [6, 6.07) is -1.07. The number of amides is 1. The number of ether oxygens (including phenoxy) is 1. The predicted molar refractivity (Wildman–Crippen MR) is 68.1 cm³/mol. The smallest absolute Gasteiger partial charge is 0.326 e. The zero-order chi connectivity index (χ0) is 14.7. The van der Waals surface area contributed by atoms with Gasteiger partial charge in [0, 0.05) is 19.3 Å². The molecular formula is C13H19NO5. The fourth-order valence-corrected chi connectivity index (χ4v) is 1.40. The third-order valence-corrected chi connectivity index (χ3v) is 2.47. The second-order valence-electron chi connectivity index (χ2n) is 3.98. The van der Waals surface area contributed by atoms with Crippen LogP contribution in [0.3, 0.4) is 0 Å². The Morgan fingerprint density at radius 3 is 2.53 bits per heavy atom. The van der Waals surface area contributed by atoms with Crippen LogP contribution in [0, 0.1) is 12.3 Å². The Morgan fingerprint density at radius 2 is 2.00 bits per heavy atom. The molecule has 0 rings (SSSR count). The lowest BCUT2D eigenvalue weighted by molar-refractivity contribution is -0.144. The number of carbonyl (C=O) groups is 3. The SMILES string of the molecule is C#CCCCCC(=O)N[C@H](CCC(=O)OC)C(=O)O. The second kappa shape index (κ2) is 9.95. The summed E-state index contributed by atoms with van der Waals surface area (Å²) in [5.74, 6) is 0.439. The third kappa shape index (κ3) is 8.66. The van der Waals surface area contributed by atoms with Gasteiger partial charge in [-0.1, -0.05) is 0 Å². The number of terminal acetylenes is 1.